The average molecular weight is 581 g/mol. The number of fused-ring (bicyclic) bond motifs is 3. The summed E-state index contributed by atoms with van der Waals surface area (Å²) in [6, 6.07) is 8.69. The van der Waals surface area contributed by atoms with Gasteiger partial charge in [-0.25, -0.2) is 4.39 Å². The van der Waals surface area contributed by atoms with Crippen molar-refractivity contribution in [2.75, 3.05) is 5.32 Å². The first-order valence-corrected chi connectivity index (χ1v) is 12.5. The molecule has 2 unspecified atom stereocenters. The van der Waals surface area contributed by atoms with Crippen molar-refractivity contribution in [3.05, 3.63) is 87.5 Å². The van der Waals surface area contributed by atoms with Gasteiger partial charge >= 0.3 is 12.4 Å². The van der Waals surface area contributed by atoms with Gasteiger partial charge in [0.15, 0.2) is 0 Å². The number of anilines is 1. The highest BCUT2D eigenvalue weighted by atomic mass is 19.4. The van der Waals surface area contributed by atoms with E-state index in [1.54, 1.807) is 24.3 Å². The Morgan fingerprint density at radius 3 is 2.34 bits per heavy atom. The van der Waals surface area contributed by atoms with Crippen LogP contribution in [0.5, 0.6) is 0 Å². The summed E-state index contributed by atoms with van der Waals surface area (Å²) in [5, 5.41) is 5.38. The summed E-state index contributed by atoms with van der Waals surface area (Å²) in [6.07, 6.45) is -9.29. The predicted molar refractivity (Wildman–Crippen MR) is 134 cm³/mol. The van der Waals surface area contributed by atoms with Crippen molar-refractivity contribution in [2.24, 2.45) is 24.8 Å². The number of para-hydroxylation sites is 1. The molecule has 2 bridgehead atoms. The van der Waals surface area contributed by atoms with Gasteiger partial charge in [0.05, 0.1) is 17.0 Å². The molecule has 216 valence electrons. The maximum atomic E-state index is 13.7. The van der Waals surface area contributed by atoms with Crippen molar-refractivity contribution in [2.45, 2.75) is 31.2 Å². The number of halogens is 7. The summed E-state index contributed by atoms with van der Waals surface area (Å²) < 4.78 is 94.7. The number of allylic oxidation sites excluding steroid dienone is 1. The number of hydrogen-bond donors (Lipinski definition) is 2. The maximum absolute atomic E-state index is 13.7. The van der Waals surface area contributed by atoms with Crippen molar-refractivity contribution in [3.63, 3.8) is 0 Å². The first-order chi connectivity index (χ1) is 19.2. The minimum absolute atomic E-state index is 0.0937. The lowest BCUT2D eigenvalue weighted by molar-refractivity contribution is -0.140. The summed E-state index contributed by atoms with van der Waals surface area (Å²) in [4.78, 5) is 39.7. The quantitative estimate of drug-likeness (QED) is 0.312. The third-order valence-corrected chi connectivity index (χ3v) is 7.75. The topological polar surface area (TPSA) is 80.2 Å². The monoisotopic (exact) mass is 581 g/mol. The first-order valence-electron chi connectivity index (χ1n) is 12.5. The molecule has 3 aromatic rings. The number of carbonyl (C=O) groups is 2. The van der Waals surface area contributed by atoms with Crippen LogP contribution in [0.4, 0.5) is 36.4 Å². The maximum Gasteiger partial charge on any atom is 0.419 e. The van der Waals surface area contributed by atoms with Crippen molar-refractivity contribution < 1.29 is 40.3 Å². The third kappa shape index (κ3) is 5.32. The van der Waals surface area contributed by atoms with Gasteiger partial charge in [0.1, 0.15) is 11.4 Å². The van der Waals surface area contributed by atoms with Gasteiger partial charge in [-0.05, 0) is 54.5 Å². The summed E-state index contributed by atoms with van der Waals surface area (Å²) in [5.41, 5.74) is -2.56. The van der Waals surface area contributed by atoms with E-state index < -0.39 is 70.6 Å². The number of aryl methyl sites for hydroxylation is 1. The fraction of sp³-hybridized carbons (Fsp3) is 0.321. The van der Waals surface area contributed by atoms with E-state index in [9.17, 15) is 45.1 Å². The Kier molecular flexibility index (Phi) is 6.94. The second-order valence-corrected chi connectivity index (χ2v) is 10.2. The standard InChI is InChI=1S/C28H22F7N3O3/c1-38-21-5-3-2-4-13(21)10-17(26(38)41)24(39)37-23-16-8-7-15(18(16)12-27(30,31)32)22(23)25(40)36-14-6-9-20(29)19(11-14)28(33,34)35/h2-6,9-12,15-16,22-23H,7-8H2,1H3,(H,36,40)(H,37,39)/b18-12-/t15?,16?,22-,23+/m0/s1. The lowest BCUT2D eigenvalue weighted by Gasteiger charge is -2.30. The summed E-state index contributed by atoms with van der Waals surface area (Å²) in [6.45, 7) is 0. The highest BCUT2D eigenvalue weighted by Gasteiger charge is 2.55. The van der Waals surface area contributed by atoms with E-state index in [1.165, 1.54) is 17.7 Å². The van der Waals surface area contributed by atoms with Crippen LogP contribution in [0, 0.1) is 23.6 Å². The van der Waals surface area contributed by atoms with E-state index in [4.69, 9.17) is 0 Å². The first kappa shape index (κ1) is 28.4. The number of pyridine rings is 1. The molecule has 2 aliphatic rings. The number of benzene rings is 2. The van der Waals surface area contributed by atoms with Gasteiger partial charge in [0.2, 0.25) is 5.91 Å². The van der Waals surface area contributed by atoms with Crippen LogP contribution in [0.2, 0.25) is 0 Å². The van der Waals surface area contributed by atoms with Crippen LogP contribution >= 0.6 is 0 Å². The van der Waals surface area contributed by atoms with E-state index in [0.717, 1.165) is 6.07 Å². The number of alkyl halides is 6. The highest BCUT2D eigenvalue weighted by Crippen LogP contribution is 2.54. The number of rotatable bonds is 4. The molecule has 0 aliphatic heterocycles. The molecule has 2 saturated carbocycles. The average Bonchev–Trinajstić information content (AvgIpc) is 3.39. The minimum Gasteiger partial charge on any atom is -0.348 e. The Labute approximate surface area is 227 Å². The van der Waals surface area contributed by atoms with Crippen LogP contribution in [0.3, 0.4) is 0 Å². The van der Waals surface area contributed by atoms with Gasteiger partial charge in [-0.15, -0.1) is 0 Å². The molecule has 2 aliphatic carbocycles. The minimum atomic E-state index is -5.05. The molecule has 2 aromatic carbocycles. The van der Waals surface area contributed by atoms with Crippen molar-refractivity contribution in [1.29, 1.82) is 0 Å². The van der Waals surface area contributed by atoms with E-state index in [2.05, 4.69) is 10.6 Å². The van der Waals surface area contributed by atoms with E-state index in [0.29, 0.717) is 23.0 Å². The molecular weight excluding hydrogens is 559 g/mol. The fourth-order valence-electron chi connectivity index (χ4n) is 6.04. The molecule has 2 fully saturated rings. The van der Waals surface area contributed by atoms with Crippen LogP contribution < -0.4 is 16.2 Å². The molecule has 41 heavy (non-hydrogen) atoms. The molecule has 2 N–H and O–H groups in total. The van der Waals surface area contributed by atoms with E-state index >= 15 is 0 Å². The summed E-state index contributed by atoms with van der Waals surface area (Å²) in [7, 11) is 1.46. The third-order valence-electron chi connectivity index (χ3n) is 7.75. The molecule has 1 aromatic heterocycles. The van der Waals surface area contributed by atoms with E-state index in [-0.39, 0.29) is 30.1 Å². The number of nitrogens with one attached hydrogen (secondary N) is 2. The van der Waals surface area contributed by atoms with Gasteiger partial charge in [-0.3, -0.25) is 14.4 Å². The predicted octanol–water partition coefficient (Wildman–Crippen LogP) is 5.58. The Balaban J connectivity index is 1.50. The number of hydrogen-bond acceptors (Lipinski definition) is 3. The second-order valence-electron chi connectivity index (χ2n) is 10.2. The lowest BCUT2D eigenvalue weighted by atomic mass is 9.83. The summed E-state index contributed by atoms with van der Waals surface area (Å²) >= 11 is 0. The number of aromatic nitrogens is 1. The molecule has 0 saturated heterocycles. The molecule has 5 rings (SSSR count). The molecule has 13 heteroatoms. The Hall–Kier alpha value is -4.16. The van der Waals surface area contributed by atoms with Crippen LogP contribution in [0.15, 0.2) is 65.0 Å². The van der Waals surface area contributed by atoms with Crippen LogP contribution in [-0.4, -0.2) is 28.6 Å². The van der Waals surface area contributed by atoms with Crippen molar-refractivity contribution >= 4 is 28.4 Å². The Morgan fingerprint density at radius 1 is 0.976 bits per heavy atom. The van der Waals surface area contributed by atoms with Crippen molar-refractivity contribution in [1.82, 2.24) is 9.88 Å². The fourth-order valence-corrected chi connectivity index (χ4v) is 6.04. The number of carbonyl (C=O) groups excluding carboxylic acids is 2. The zero-order chi connectivity index (χ0) is 29.9. The van der Waals surface area contributed by atoms with Gasteiger partial charge < -0.3 is 15.2 Å². The zero-order valence-electron chi connectivity index (χ0n) is 21.2. The van der Waals surface area contributed by atoms with Gasteiger partial charge in [0, 0.05) is 30.8 Å². The molecule has 0 radical (unpaired) electrons. The largest absolute Gasteiger partial charge is 0.419 e. The SMILES string of the molecule is Cn1c(=O)c(C(=O)N[C@@H]2C3CCC(/C3=C/C(F)(F)F)[C@@H]2C(=O)Nc2ccc(F)c(C(F)(F)F)c2)cc2ccccc21. The smallest absolute Gasteiger partial charge is 0.348 e. The normalized spacial score (nSPS) is 23.3. The molecular formula is C28H22F7N3O3. The molecule has 6 nitrogen and oxygen atoms in total. The Bertz CT molecular complexity index is 1640. The molecule has 2 amide bonds. The molecule has 0 spiro atoms. The zero-order valence-corrected chi connectivity index (χ0v) is 21.2. The second kappa shape index (κ2) is 10.0. The van der Waals surface area contributed by atoms with Crippen LogP contribution in [-0.2, 0) is 18.0 Å². The van der Waals surface area contributed by atoms with Gasteiger partial charge in [0.25, 0.3) is 11.5 Å². The van der Waals surface area contributed by atoms with E-state index in [1.807, 2.05) is 0 Å². The van der Waals surface area contributed by atoms with Crippen LogP contribution in [0.25, 0.3) is 10.9 Å². The highest BCUT2D eigenvalue weighted by molar-refractivity contribution is 5.99. The lowest BCUT2D eigenvalue weighted by Crippen LogP contribution is -2.49. The Morgan fingerprint density at radius 2 is 1.66 bits per heavy atom. The molecule has 4 atom stereocenters. The van der Waals surface area contributed by atoms with Crippen LogP contribution in [0.1, 0.15) is 28.8 Å². The van der Waals surface area contributed by atoms with Gasteiger partial charge in [-0.1, -0.05) is 23.8 Å². The van der Waals surface area contributed by atoms with Crippen molar-refractivity contribution in [3.8, 4) is 0 Å². The summed E-state index contributed by atoms with van der Waals surface area (Å²) in [5.74, 6) is -6.57. The van der Waals surface area contributed by atoms with Gasteiger partial charge in [-0.2, -0.15) is 26.3 Å². The number of nitrogens with zero attached hydrogens (tertiary/aromatic N) is 1. The number of amides is 2. The molecule has 1 heterocycles.